The highest BCUT2D eigenvalue weighted by Gasteiger charge is 2.47. The van der Waals surface area contributed by atoms with E-state index < -0.39 is 11.7 Å². The standard InChI is InChI=1S/C32H52O2/c1-13-28(5,6)23-17-22(18-24(19-23)29(7,8)14-2)26-20-25(30(9,10)15-3)21-27(32(26,33)34)31(11,12)16-4/h17-21,26,33-34H,13-16H2,1-12H3. The Morgan fingerprint density at radius 2 is 1.06 bits per heavy atom. The molecule has 2 rings (SSSR count). The first-order chi connectivity index (χ1) is 15.4. The van der Waals surface area contributed by atoms with Crippen molar-refractivity contribution in [1.29, 1.82) is 0 Å². The minimum Gasteiger partial charge on any atom is -0.361 e. The highest BCUT2D eigenvalue weighted by atomic mass is 16.5. The smallest absolute Gasteiger partial charge is 0.197 e. The Morgan fingerprint density at radius 1 is 0.647 bits per heavy atom. The maximum Gasteiger partial charge on any atom is 0.197 e. The number of benzene rings is 1. The van der Waals surface area contributed by atoms with E-state index in [1.165, 1.54) is 16.7 Å². The molecule has 1 aromatic rings. The fourth-order valence-electron chi connectivity index (χ4n) is 4.63. The molecule has 1 atom stereocenters. The van der Waals surface area contributed by atoms with Gasteiger partial charge in [-0.15, -0.1) is 0 Å². The SMILES string of the molecule is CCC(C)(C)C1=CC(c2cc(C(C)(C)CC)cc(C(C)(C)CC)c2)C(O)(O)C(C(C)(C)CC)=C1. The highest BCUT2D eigenvalue weighted by molar-refractivity contribution is 5.49. The van der Waals surface area contributed by atoms with Gasteiger partial charge in [-0.1, -0.05) is 113 Å². The molecular weight excluding hydrogens is 416 g/mol. The molecule has 192 valence electrons. The number of hydrogen-bond acceptors (Lipinski definition) is 2. The van der Waals surface area contributed by atoms with Gasteiger partial charge in [0.25, 0.3) is 0 Å². The van der Waals surface area contributed by atoms with Gasteiger partial charge in [-0.05, 0) is 75.2 Å². The van der Waals surface area contributed by atoms with Crippen LogP contribution >= 0.6 is 0 Å². The topological polar surface area (TPSA) is 40.5 Å². The molecule has 2 nitrogen and oxygen atoms in total. The Balaban J connectivity index is 2.90. The third kappa shape index (κ3) is 5.39. The van der Waals surface area contributed by atoms with Crippen molar-refractivity contribution in [2.75, 3.05) is 0 Å². The van der Waals surface area contributed by atoms with Gasteiger partial charge in [0.05, 0.1) is 5.92 Å². The van der Waals surface area contributed by atoms with E-state index in [9.17, 15) is 10.2 Å². The third-order valence-corrected chi connectivity index (χ3v) is 9.40. The third-order valence-electron chi connectivity index (χ3n) is 9.40. The second-order valence-electron chi connectivity index (χ2n) is 13.2. The highest BCUT2D eigenvalue weighted by Crippen LogP contribution is 2.51. The maximum atomic E-state index is 11.8. The van der Waals surface area contributed by atoms with Gasteiger partial charge < -0.3 is 10.2 Å². The zero-order valence-corrected chi connectivity index (χ0v) is 24.2. The van der Waals surface area contributed by atoms with Crippen LogP contribution in [0.4, 0.5) is 0 Å². The molecule has 1 aliphatic carbocycles. The van der Waals surface area contributed by atoms with E-state index in [4.69, 9.17) is 0 Å². The van der Waals surface area contributed by atoms with Gasteiger partial charge in [0.2, 0.25) is 0 Å². The molecule has 2 heteroatoms. The second kappa shape index (κ2) is 9.58. The summed E-state index contributed by atoms with van der Waals surface area (Å²) in [6.45, 7) is 26.7. The van der Waals surface area contributed by atoms with Gasteiger partial charge >= 0.3 is 0 Å². The summed E-state index contributed by atoms with van der Waals surface area (Å²) in [5.41, 5.74) is 5.12. The van der Waals surface area contributed by atoms with E-state index in [2.05, 4.69) is 113 Å². The summed E-state index contributed by atoms with van der Waals surface area (Å²) >= 11 is 0. The minimum atomic E-state index is -1.94. The van der Waals surface area contributed by atoms with Gasteiger partial charge in [-0.25, -0.2) is 0 Å². The lowest BCUT2D eigenvalue weighted by atomic mass is 9.65. The summed E-state index contributed by atoms with van der Waals surface area (Å²) in [5, 5.41) is 23.6. The van der Waals surface area contributed by atoms with Crippen molar-refractivity contribution in [3.63, 3.8) is 0 Å². The summed E-state index contributed by atoms with van der Waals surface area (Å²) < 4.78 is 0. The van der Waals surface area contributed by atoms with Crippen LogP contribution in [-0.4, -0.2) is 16.0 Å². The van der Waals surface area contributed by atoms with Crippen molar-refractivity contribution >= 4 is 0 Å². The first-order valence-electron chi connectivity index (χ1n) is 13.4. The first kappa shape index (κ1) is 28.9. The molecule has 0 saturated carbocycles. The Labute approximate surface area is 210 Å². The minimum absolute atomic E-state index is 0.00735. The van der Waals surface area contributed by atoms with Gasteiger partial charge in [-0.3, -0.25) is 0 Å². The van der Waals surface area contributed by atoms with Gasteiger partial charge in [0, 0.05) is 0 Å². The summed E-state index contributed by atoms with van der Waals surface area (Å²) in [5.74, 6) is -2.45. The van der Waals surface area contributed by atoms with Crippen LogP contribution in [0.5, 0.6) is 0 Å². The lowest BCUT2D eigenvalue weighted by Crippen LogP contribution is -2.45. The molecule has 0 fully saturated rings. The molecule has 1 aromatic carbocycles. The van der Waals surface area contributed by atoms with E-state index in [1.807, 2.05) is 0 Å². The normalized spacial score (nSPS) is 19.6. The molecule has 1 unspecified atom stereocenters. The van der Waals surface area contributed by atoms with Crippen molar-refractivity contribution in [1.82, 2.24) is 0 Å². The number of rotatable bonds is 9. The van der Waals surface area contributed by atoms with Crippen LogP contribution in [0.2, 0.25) is 0 Å². The molecule has 0 saturated heterocycles. The van der Waals surface area contributed by atoms with Crippen molar-refractivity contribution < 1.29 is 10.2 Å². The number of allylic oxidation sites excluding steroid dienone is 2. The van der Waals surface area contributed by atoms with Crippen molar-refractivity contribution in [3.8, 4) is 0 Å². The van der Waals surface area contributed by atoms with Crippen LogP contribution in [0.15, 0.2) is 41.5 Å². The predicted molar refractivity (Wildman–Crippen MR) is 147 cm³/mol. The van der Waals surface area contributed by atoms with Crippen LogP contribution in [0.1, 0.15) is 131 Å². The van der Waals surface area contributed by atoms with Crippen LogP contribution in [0.25, 0.3) is 0 Å². The lowest BCUT2D eigenvalue weighted by Gasteiger charge is -2.45. The molecule has 0 aromatic heterocycles. The molecule has 1 aliphatic rings. The second-order valence-corrected chi connectivity index (χ2v) is 13.2. The average Bonchev–Trinajstić information content (AvgIpc) is 2.77. The summed E-state index contributed by atoms with van der Waals surface area (Å²) in [4.78, 5) is 0. The fourth-order valence-corrected chi connectivity index (χ4v) is 4.63. The van der Waals surface area contributed by atoms with E-state index in [-0.39, 0.29) is 21.7 Å². The molecular formula is C32H52O2. The van der Waals surface area contributed by atoms with Gasteiger partial charge in [-0.2, -0.15) is 0 Å². The molecule has 34 heavy (non-hydrogen) atoms. The van der Waals surface area contributed by atoms with E-state index in [0.717, 1.165) is 36.8 Å². The van der Waals surface area contributed by atoms with E-state index >= 15 is 0 Å². The lowest BCUT2D eigenvalue weighted by molar-refractivity contribution is -0.150. The first-order valence-corrected chi connectivity index (χ1v) is 13.4. The molecule has 2 N–H and O–H groups in total. The Hall–Kier alpha value is -1.38. The van der Waals surface area contributed by atoms with Gasteiger partial charge in [0.15, 0.2) is 5.79 Å². The van der Waals surface area contributed by atoms with Crippen LogP contribution < -0.4 is 0 Å². The molecule has 0 spiro atoms. The molecule has 0 radical (unpaired) electrons. The average molecular weight is 469 g/mol. The molecule has 0 aliphatic heterocycles. The maximum absolute atomic E-state index is 11.8. The van der Waals surface area contributed by atoms with Crippen LogP contribution in [-0.2, 0) is 10.8 Å². The summed E-state index contributed by atoms with van der Waals surface area (Å²) in [7, 11) is 0. The largest absolute Gasteiger partial charge is 0.361 e. The zero-order chi connectivity index (χ0) is 26.3. The number of hydrogen-bond donors (Lipinski definition) is 2. The molecule has 0 heterocycles. The quantitative estimate of drug-likeness (QED) is 0.356. The van der Waals surface area contributed by atoms with Crippen molar-refractivity contribution in [2.45, 2.75) is 131 Å². The van der Waals surface area contributed by atoms with Crippen molar-refractivity contribution in [2.24, 2.45) is 10.8 Å². The van der Waals surface area contributed by atoms with Gasteiger partial charge in [0.1, 0.15) is 0 Å². The Bertz CT molecular complexity index is 904. The molecule has 0 bridgehead atoms. The predicted octanol–water partition coefficient (Wildman–Crippen LogP) is 8.57. The summed E-state index contributed by atoms with van der Waals surface area (Å²) in [6.07, 6.45) is 8.09. The number of aliphatic hydroxyl groups is 2. The van der Waals surface area contributed by atoms with E-state index in [0.29, 0.717) is 0 Å². The van der Waals surface area contributed by atoms with Crippen molar-refractivity contribution in [3.05, 3.63) is 58.2 Å². The molecule has 0 amide bonds. The van der Waals surface area contributed by atoms with E-state index in [1.54, 1.807) is 0 Å². The fraction of sp³-hybridized carbons (Fsp3) is 0.688. The zero-order valence-electron chi connectivity index (χ0n) is 24.2. The monoisotopic (exact) mass is 468 g/mol. The summed E-state index contributed by atoms with van der Waals surface area (Å²) in [6, 6.07) is 6.82. The van der Waals surface area contributed by atoms with Crippen LogP contribution in [0, 0.1) is 10.8 Å². The Kier molecular flexibility index (Phi) is 8.13. The Morgan fingerprint density at radius 3 is 1.44 bits per heavy atom. The van der Waals surface area contributed by atoms with Crippen LogP contribution in [0.3, 0.4) is 0 Å².